The lowest BCUT2D eigenvalue weighted by molar-refractivity contribution is 0.156. The predicted molar refractivity (Wildman–Crippen MR) is 58.2 cm³/mol. The molecule has 1 saturated heterocycles. The molecule has 0 radical (unpaired) electrons. The van der Waals surface area contributed by atoms with E-state index in [-0.39, 0.29) is 0 Å². The standard InChI is InChI=1S/C11H19N3/c1-9-8-14(7-6-12-9)10(2)11-4-3-5-13-11/h3-5,9-10,12-13H,6-8H2,1-2H3/t9-,10+/m0/s1. The van der Waals surface area contributed by atoms with Gasteiger partial charge < -0.3 is 10.3 Å². The van der Waals surface area contributed by atoms with Crippen molar-refractivity contribution in [3.05, 3.63) is 24.0 Å². The van der Waals surface area contributed by atoms with Crippen molar-refractivity contribution in [3.63, 3.8) is 0 Å². The second-order valence-corrected chi connectivity index (χ2v) is 4.15. The molecule has 78 valence electrons. The van der Waals surface area contributed by atoms with Gasteiger partial charge in [0.05, 0.1) is 0 Å². The Bertz CT molecular complexity index is 268. The summed E-state index contributed by atoms with van der Waals surface area (Å²) in [6.07, 6.45) is 2.00. The van der Waals surface area contributed by atoms with E-state index in [9.17, 15) is 0 Å². The highest BCUT2D eigenvalue weighted by molar-refractivity contribution is 5.08. The van der Waals surface area contributed by atoms with Gasteiger partial charge in [0.2, 0.25) is 0 Å². The van der Waals surface area contributed by atoms with Gasteiger partial charge in [-0.1, -0.05) is 0 Å². The molecule has 2 heterocycles. The second-order valence-electron chi connectivity index (χ2n) is 4.15. The monoisotopic (exact) mass is 193 g/mol. The Hall–Kier alpha value is -0.800. The number of nitrogens with one attached hydrogen (secondary N) is 2. The maximum atomic E-state index is 3.46. The highest BCUT2D eigenvalue weighted by atomic mass is 15.2. The zero-order valence-corrected chi connectivity index (χ0v) is 8.96. The van der Waals surface area contributed by atoms with E-state index in [0.717, 1.165) is 19.6 Å². The number of H-pyrrole nitrogens is 1. The molecule has 1 aromatic heterocycles. The summed E-state index contributed by atoms with van der Waals surface area (Å²) in [5, 5.41) is 3.46. The normalized spacial score (nSPS) is 26.3. The summed E-state index contributed by atoms with van der Waals surface area (Å²) in [4.78, 5) is 5.81. The van der Waals surface area contributed by atoms with Gasteiger partial charge in [-0.3, -0.25) is 4.90 Å². The zero-order chi connectivity index (χ0) is 9.97. The van der Waals surface area contributed by atoms with Crippen molar-refractivity contribution < 1.29 is 0 Å². The van der Waals surface area contributed by atoms with Gasteiger partial charge in [-0.2, -0.15) is 0 Å². The van der Waals surface area contributed by atoms with Crippen LogP contribution in [0.5, 0.6) is 0 Å². The molecular weight excluding hydrogens is 174 g/mol. The fourth-order valence-corrected chi connectivity index (χ4v) is 2.11. The molecule has 2 atom stereocenters. The SMILES string of the molecule is C[C@H](c1ccc[nH]1)N1CCN[C@@H](C)C1. The molecule has 2 N–H and O–H groups in total. The molecule has 0 unspecified atom stereocenters. The van der Waals surface area contributed by atoms with Crippen molar-refractivity contribution in [2.45, 2.75) is 25.9 Å². The van der Waals surface area contributed by atoms with Crippen LogP contribution >= 0.6 is 0 Å². The minimum absolute atomic E-state index is 0.509. The Morgan fingerprint density at radius 3 is 3.07 bits per heavy atom. The maximum Gasteiger partial charge on any atom is 0.0471 e. The van der Waals surface area contributed by atoms with Gasteiger partial charge in [-0.15, -0.1) is 0 Å². The van der Waals surface area contributed by atoms with Crippen molar-refractivity contribution >= 4 is 0 Å². The number of aromatic amines is 1. The van der Waals surface area contributed by atoms with Crippen LogP contribution in [-0.4, -0.2) is 35.6 Å². The Morgan fingerprint density at radius 2 is 2.43 bits per heavy atom. The third-order valence-electron chi connectivity index (χ3n) is 3.02. The van der Waals surface area contributed by atoms with Gasteiger partial charge in [0.25, 0.3) is 0 Å². The van der Waals surface area contributed by atoms with Crippen LogP contribution in [0.3, 0.4) is 0 Å². The first kappa shape index (κ1) is 9.74. The summed E-state index contributed by atoms with van der Waals surface area (Å²) in [6, 6.07) is 5.35. The van der Waals surface area contributed by atoms with Crippen LogP contribution in [0.15, 0.2) is 18.3 Å². The summed E-state index contributed by atoms with van der Waals surface area (Å²) in [5.74, 6) is 0. The number of aromatic nitrogens is 1. The Labute approximate surface area is 85.5 Å². The van der Waals surface area contributed by atoms with Crippen LogP contribution in [0.1, 0.15) is 25.6 Å². The molecule has 3 heteroatoms. The van der Waals surface area contributed by atoms with Crippen LogP contribution in [0, 0.1) is 0 Å². The number of piperazine rings is 1. The highest BCUT2D eigenvalue weighted by Gasteiger charge is 2.21. The molecule has 2 rings (SSSR count). The molecule has 0 aliphatic carbocycles. The van der Waals surface area contributed by atoms with Crippen molar-refractivity contribution in [2.24, 2.45) is 0 Å². The van der Waals surface area contributed by atoms with Gasteiger partial charge >= 0.3 is 0 Å². The Kier molecular flexibility index (Phi) is 2.89. The molecule has 3 nitrogen and oxygen atoms in total. The Morgan fingerprint density at radius 1 is 1.57 bits per heavy atom. The molecule has 0 bridgehead atoms. The molecular formula is C11H19N3. The third kappa shape index (κ3) is 1.99. The van der Waals surface area contributed by atoms with E-state index in [1.165, 1.54) is 5.69 Å². The topological polar surface area (TPSA) is 31.1 Å². The first-order valence-corrected chi connectivity index (χ1v) is 5.38. The summed E-state index contributed by atoms with van der Waals surface area (Å²) < 4.78 is 0. The fourth-order valence-electron chi connectivity index (χ4n) is 2.11. The predicted octanol–water partition coefficient (Wildman–Crippen LogP) is 1.37. The zero-order valence-electron chi connectivity index (χ0n) is 8.96. The molecule has 0 aromatic carbocycles. The molecule has 0 spiro atoms. The number of rotatable bonds is 2. The summed E-state index contributed by atoms with van der Waals surface area (Å²) in [6.45, 7) is 7.90. The fraction of sp³-hybridized carbons (Fsp3) is 0.636. The van der Waals surface area contributed by atoms with E-state index in [1.54, 1.807) is 0 Å². The summed E-state index contributed by atoms with van der Waals surface area (Å²) in [7, 11) is 0. The average molecular weight is 193 g/mol. The molecule has 1 aliphatic heterocycles. The smallest absolute Gasteiger partial charge is 0.0471 e. The molecule has 14 heavy (non-hydrogen) atoms. The van der Waals surface area contributed by atoms with Gasteiger partial charge in [-0.25, -0.2) is 0 Å². The van der Waals surface area contributed by atoms with Gasteiger partial charge in [-0.05, 0) is 26.0 Å². The van der Waals surface area contributed by atoms with E-state index in [4.69, 9.17) is 0 Å². The van der Waals surface area contributed by atoms with Gasteiger partial charge in [0.1, 0.15) is 0 Å². The second kappa shape index (κ2) is 4.15. The Balaban J connectivity index is 2.00. The first-order chi connectivity index (χ1) is 6.77. The number of nitrogens with zero attached hydrogens (tertiary/aromatic N) is 1. The lowest BCUT2D eigenvalue weighted by atomic mass is 10.1. The maximum absolute atomic E-state index is 3.46. The van der Waals surface area contributed by atoms with Crippen LogP contribution < -0.4 is 5.32 Å². The van der Waals surface area contributed by atoms with Gasteiger partial charge in [0, 0.05) is 43.6 Å². The lowest BCUT2D eigenvalue weighted by Crippen LogP contribution is -2.49. The minimum Gasteiger partial charge on any atom is -0.364 e. The highest BCUT2D eigenvalue weighted by Crippen LogP contribution is 2.19. The van der Waals surface area contributed by atoms with Crippen molar-refractivity contribution in [1.82, 2.24) is 15.2 Å². The van der Waals surface area contributed by atoms with E-state index in [2.05, 4.69) is 41.2 Å². The first-order valence-electron chi connectivity index (χ1n) is 5.38. The average Bonchev–Trinajstić information content (AvgIpc) is 2.69. The largest absolute Gasteiger partial charge is 0.364 e. The van der Waals surface area contributed by atoms with E-state index >= 15 is 0 Å². The molecule has 0 saturated carbocycles. The number of hydrogen-bond donors (Lipinski definition) is 2. The van der Waals surface area contributed by atoms with Crippen molar-refractivity contribution in [3.8, 4) is 0 Å². The van der Waals surface area contributed by atoms with Gasteiger partial charge in [0.15, 0.2) is 0 Å². The molecule has 1 fully saturated rings. The van der Waals surface area contributed by atoms with Crippen LogP contribution in [-0.2, 0) is 0 Å². The minimum atomic E-state index is 0.509. The molecule has 0 amide bonds. The van der Waals surface area contributed by atoms with E-state index in [1.807, 2.05) is 6.20 Å². The number of hydrogen-bond acceptors (Lipinski definition) is 2. The summed E-state index contributed by atoms with van der Waals surface area (Å²) in [5.41, 5.74) is 1.32. The van der Waals surface area contributed by atoms with E-state index < -0.39 is 0 Å². The van der Waals surface area contributed by atoms with Crippen molar-refractivity contribution in [1.29, 1.82) is 0 Å². The molecule has 1 aromatic rings. The van der Waals surface area contributed by atoms with Crippen LogP contribution in [0.25, 0.3) is 0 Å². The molecule has 1 aliphatic rings. The quantitative estimate of drug-likeness (QED) is 0.743. The van der Waals surface area contributed by atoms with Crippen LogP contribution in [0.4, 0.5) is 0 Å². The van der Waals surface area contributed by atoms with Crippen molar-refractivity contribution in [2.75, 3.05) is 19.6 Å². The summed E-state index contributed by atoms with van der Waals surface area (Å²) >= 11 is 0. The lowest BCUT2D eigenvalue weighted by Gasteiger charge is -2.35. The van der Waals surface area contributed by atoms with E-state index in [0.29, 0.717) is 12.1 Å². The third-order valence-corrected chi connectivity index (χ3v) is 3.02. The van der Waals surface area contributed by atoms with Crippen LogP contribution in [0.2, 0.25) is 0 Å².